The molecule has 0 saturated heterocycles. The third kappa shape index (κ3) is 4.81. The van der Waals surface area contributed by atoms with E-state index in [1.165, 1.54) is 6.07 Å². The lowest BCUT2D eigenvalue weighted by Gasteiger charge is -2.20. The summed E-state index contributed by atoms with van der Waals surface area (Å²) in [5.74, 6) is -0.245. The van der Waals surface area contributed by atoms with E-state index in [2.05, 4.69) is 5.32 Å². The number of nitrogens with zero attached hydrogens (tertiary/aromatic N) is 1. The average molecular weight is 281 g/mol. The molecule has 0 fully saturated rings. The van der Waals surface area contributed by atoms with Crippen LogP contribution in [-0.2, 0) is 4.79 Å². The highest BCUT2D eigenvalue weighted by Crippen LogP contribution is 2.16. The van der Waals surface area contributed by atoms with Gasteiger partial charge in [-0.25, -0.2) is 4.39 Å². The van der Waals surface area contributed by atoms with E-state index in [1.54, 1.807) is 18.2 Å². The van der Waals surface area contributed by atoms with Crippen molar-refractivity contribution in [3.63, 3.8) is 0 Å². The first-order valence-electron chi connectivity index (χ1n) is 6.92. The standard InChI is InChI=1S/C15H24FN3O/c1-11(2)14(17)15(20)18-9-6-10-19(3)13-8-5-4-7-12(13)16/h4-5,7-8,11,14H,6,9-10,17H2,1-3H3,(H,18,20)/t14-/m0/s1. The number of rotatable bonds is 7. The normalized spacial score (nSPS) is 12.3. The molecular weight excluding hydrogens is 257 g/mol. The number of nitrogens with one attached hydrogen (secondary N) is 1. The molecule has 5 heteroatoms. The average Bonchev–Trinajstić information content (AvgIpc) is 2.42. The fraction of sp³-hybridized carbons (Fsp3) is 0.533. The van der Waals surface area contributed by atoms with Crippen molar-refractivity contribution in [2.24, 2.45) is 11.7 Å². The zero-order valence-corrected chi connectivity index (χ0v) is 12.4. The summed E-state index contributed by atoms with van der Waals surface area (Å²) in [5, 5.41) is 2.80. The maximum atomic E-state index is 13.5. The Morgan fingerprint density at radius 2 is 2.05 bits per heavy atom. The maximum Gasteiger partial charge on any atom is 0.237 e. The Morgan fingerprint density at radius 3 is 2.65 bits per heavy atom. The Morgan fingerprint density at radius 1 is 1.40 bits per heavy atom. The summed E-state index contributed by atoms with van der Waals surface area (Å²) in [6, 6.07) is 6.18. The number of carbonyl (C=O) groups excluding carboxylic acids is 1. The van der Waals surface area contributed by atoms with Crippen LogP contribution in [0.25, 0.3) is 0 Å². The molecule has 1 rings (SSSR count). The van der Waals surface area contributed by atoms with Crippen molar-refractivity contribution in [3.05, 3.63) is 30.1 Å². The molecule has 3 N–H and O–H groups in total. The third-order valence-corrected chi connectivity index (χ3v) is 3.25. The second kappa shape index (κ2) is 7.85. The number of anilines is 1. The topological polar surface area (TPSA) is 58.4 Å². The number of hydrogen-bond acceptors (Lipinski definition) is 3. The summed E-state index contributed by atoms with van der Waals surface area (Å²) in [6.45, 7) is 5.03. The molecule has 1 aromatic rings. The molecule has 0 heterocycles. The second-order valence-electron chi connectivity index (χ2n) is 5.29. The van der Waals surface area contributed by atoms with Crippen LogP contribution in [0.3, 0.4) is 0 Å². The van der Waals surface area contributed by atoms with E-state index in [4.69, 9.17) is 5.73 Å². The van der Waals surface area contributed by atoms with Crippen molar-refractivity contribution in [2.45, 2.75) is 26.3 Å². The van der Waals surface area contributed by atoms with Gasteiger partial charge in [-0.05, 0) is 24.5 Å². The predicted molar refractivity (Wildman–Crippen MR) is 80.1 cm³/mol. The smallest absolute Gasteiger partial charge is 0.237 e. The number of amides is 1. The largest absolute Gasteiger partial charge is 0.372 e. The summed E-state index contributed by atoms with van der Waals surface area (Å²) >= 11 is 0. The second-order valence-corrected chi connectivity index (χ2v) is 5.29. The van der Waals surface area contributed by atoms with E-state index in [9.17, 15) is 9.18 Å². The van der Waals surface area contributed by atoms with Gasteiger partial charge in [0, 0.05) is 20.1 Å². The van der Waals surface area contributed by atoms with E-state index in [-0.39, 0.29) is 17.6 Å². The number of benzene rings is 1. The molecule has 112 valence electrons. The van der Waals surface area contributed by atoms with Crippen LogP contribution in [0.1, 0.15) is 20.3 Å². The molecule has 0 unspecified atom stereocenters. The molecular formula is C15H24FN3O. The molecule has 4 nitrogen and oxygen atoms in total. The lowest BCUT2D eigenvalue weighted by atomic mass is 10.1. The van der Waals surface area contributed by atoms with Crippen LogP contribution in [0.15, 0.2) is 24.3 Å². The minimum absolute atomic E-state index is 0.121. The quantitative estimate of drug-likeness (QED) is 0.749. The number of hydrogen-bond donors (Lipinski definition) is 2. The molecule has 0 spiro atoms. The molecule has 20 heavy (non-hydrogen) atoms. The molecule has 0 radical (unpaired) electrons. The Balaban J connectivity index is 2.31. The highest BCUT2D eigenvalue weighted by atomic mass is 19.1. The van der Waals surface area contributed by atoms with E-state index in [0.29, 0.717) is 18.8 Å². The van der Waals surface area contributed by atoms with Crippen molar-refractivity contribution < 1.29 is 9.18 Å². The first kappa shape index (κ1) is 16.4. The van der Waals surface area contributed by atoms with Crippen LogP contribution in [0, 0.1) is 11.7 Å². The molecule has 0 aliphatic heterocycles. The Kier molecular flexibility index (Phi) is 6.45. The molecule has 1 atom stereocenters. The number of para-hydroxylation sites is 1. The van der Waals surface area contributed by atoms with Gasteiger partial charge in [0.15, 0.2) is 0 Å². The van der Waals surface area contributed by atoms with Gasteiger partial charge in [0.1, 0.15) is 5.82 Å². The minimum atomic E-state index is -0.473. The van der Waals surface area contributed by atoms with Crippen molar-refractivity contribution in [3.8, 4) is 0 Å². The number of nitrogens with two attached hydrogens (primary N) is 1. The van der Waals surface area contributed by atoms with E-state index < -0.39 is 6.04 Å². The van der Waals surface area contributed by atoms with E-state index >= 15 is 0 Å². The lowest BCUT2D eigenvalue weighted by Crippen LogP contribution is -2.44. The van der Waals surface area contributed by atoms with Crippen LogP contribution >= 0.6 is 0 Å². The Hall–Kier alpha value is -1.62. The summed E-state index contributed by atoms with van der Waals surface area (Å²) in [5.41, 5.74) is 6.31. The van der Waals surface area contributed by atoms with Crippen LogP contribution in [0.5, 0.6) is 0 Å². The van der Waals surface area contributed by atoms with Crippen molar-refractivity contribution in [1.29, 1.82) is 0 Å². The minimum Gasteiger partial charge on any atom is -0.372 e. The fourth-order valence-electron chi connectivity index (χ4n) is 1.83. The SMILES string of the molecule is CC(C)[C@H](N)C(=O)NCCCN(C)c1ccccc1F. The molecule has 0 aliphatic carbocycles. The van der Waals surface area contributed by atoms with Gasteiger partial charge in [0.2, 0.25) is 5.91 Å². The van der Waals surface area contributed by atoms with Crippen molar-refractivity contribution in [1.82, 2.24) is 5.32 Å². The summed E-state index contributed by atoms with van der Waals surface area (Å²) < 4.78 is 13.5. The maximum absolute atomic E-state index is 13.5. The van der Waals surface area contributed by atoms with Gasteiger partial charge in [-0.15, -0.1) is 0 Å². The Labute approximate surface area is 120 Å². The van der Waals surface area contributed by atoms with Gasteiger partial charge >= 0.3 is 0 Å². The highest BCUT2D eigenvalue weighted by Gasteiger charge is 2.16. The molecule has 0 aromatic heterocycles. The van der Waals surface area contributed by atoms with Gasteiger partial charge in [0.25, 0.3) is 0 Å². The first-order valence-corrected chi connectivity index (χ1v) is 6.92. The Bertz CT molecular complexity index is 437. The number of halogens is 1. The molecule has 1 amide bonds. The highest BCUT2D eigenvalue weighted by molar-refractivity contribution is 5.81. The lowest BCUT2D eigenvalue weighted by molar-refractivity contribution is -0.123. The zero-order valence-electron chi connectivity index (χ0n) is 12.4. The van der Waals surface area contributed by atoms with Gasteiger partial charge < -0.3 is 16.0 Å². The van der Waals surface area contributed by atoms with Gasteiger partial charge in [-0.2, -0.15) is 0 Å². The van der Waals surface area contributed by atoms with E-state index in [1.807, 2.05) is 25.8 Å². The molecule has 1 aromatic carbocycles. The predicted octanol–water partition coefficient (Wildman–Crippen LogP) is 1.75. The van der Waals surface area contributed by atoms with Gasteiger partial charge in [-0.3, -0.25) is 4.79 Å². The molecule has 0 saturated carbocycles. The molecule has 0 bridgehead atoms. The van der Waals surface area contributed by atoms with Crippen LogP contribution in [-0.4, -0.2) is 32.1 Å². The molecule has 0 aliphatic rings. The van der Waals surface area contributed by atoms with Crippen LogP contribution in [0.4, 0.5) is 10.1 Å². The summed E-state index contributed by atoms with van der Waals surface area (Å²) in [6.07, 6.45) is 0.737. The van der Waals surface area contributed by atoms with Crippen LogP contribution in [0.2, 0.25) is 0 Å². The van der Waals surface area contributed by atoms with Gasteiger partial charge in [0.05, 0.1) is 11.7 Å². The van der Waals surface area contributed by atoms with Crippen molar-refractivity contribution >= 4 is 11.6 Å². The summed E-state index contributed by atoms with van der Waals surface area (Å²) in [7, 11) is 1.83. The zero-order chi connectivity index (χ0) is 15.1. The summed E-state index contributed by atoms with van der Waals surface area (Å²) in [4.78, 5) is 13.5. The third-order valence-electron chi connectivity index (χ3n) is 3.25. The fourth-order valence-corrected chi connectivity index (χ4v) is 1.83. The van der Waals surface area contributed by atoms with Crippen LogP contribution < -0.4 is 16.0 Å². The van der Waals surface area contributed by atoms with Gasteiger partial charge in [-0.1, -0.05) is 26.0 Å². The van der Waals surface area contributed by atoms with Crippen molar-refractivity contribution in [2.75, 3.05) is 25.0 Å². The van der Waals surface area contributed by atoms with E-state index in [0.717, 1.165) is 6.42 Å². The first-order chi connectivity index (χ1) is 9.43. The monoisotopic (exact) mass is 281 g/mol. The number of carbonyl (C=O) groups is 1.